The summed E-state index contributed by atoms with van der Waals surface area (Å²) in [6.07, 6.45) is -3.77. The number of nitrogens with zero attached hydrogens (tertiary/aromatic N) is 2. The summed E-state index contributed by atoms with van der Waals surface area (Å²) in [7, 11) is 0. The van der Waals surface area contributed by atoms with Crippen molar-refractivity contribution in [2.24, 2.45) is 5.73 Å². The van der Waals surface area contributed by atoms with E-state index in [4.69, 9.17) is 41.2 Å². The second-order valence-electron chi connectivity index (χ2n) is 6.70. The Labute approximate surface area is 188 Å². The molecule has 0 spiro atoms. The molecular weight excluding hydrogens is 476 g/mol. The van der Waals surface area contributed by atoms with Crippen LogP contribution in [0.2, 0.25) is 10.0 Å². The molecule has 1 atom stereocenters. The van der Waals surface area contributed by atoms with E-state index in [1.165, 1.54) is 31.2 Å². The van der Waals surface area contributed by atoms with Gasteiger partial charge in [-0.2, -0.15) is 23.0 Å². The van der Waals surface area contributed by atoms with E-state index >= 15 is 0 Å². The first kappa shape index (κ1) is 23.0. The van der Waals surface area contributed by atoms with Gasteiger partial charge in [0.1, 0.15) is 6.20 Å². The van der Waals surface area contributed by atoms with E-state index in [1.807, 2.05) is 0 Å². The van der Waals surface area contributed by atoms with Gasteiger partial charge in [0.25, 0.3) is 5.56 Å². The molecule has 31 heavy (non-hydrogen) atoms. The maximum Gasteiger partial charge on any atom is 0.417 e. The number of hydrogen-bond donors (Lipinski definition) is 2. The van der Waals surface area contributed by atoms with Crippen molar-refractivity contribution in [3.05, 3.63) is 90.2 Å². The number of alkyl halides is 3. The summed E-state index contributed by atoms with van der Waals surface area (Å²) in [4.78, 5) is 25.1. The van der Waals surface area contributed by atoms with Crippen molar-refractivity contribution >= 4 is 40.4 Å². The summed E-state index contributed by atoms with van der Waals surface area (Å²) in [5.74, 6) is 0. The van der Waals surface area contributed by atoms with Gasteiger partial charge in [0.05, 0.1) is 26.7 Å². The van der Waals surface area contributed by atoms with Crippen LogP contribution in [0.4, 0.5) is 13.2 Å². The fourth-order valence-electron chi connectivity index (χ4n) is 3.06. The van der Waals surface area contributed by atoms with Gasteiger partial charge in [-0.05, 0) is 42.3 Å². The molecule has 0 radical (unpaired) electrons. The standard InChI is InChI=1S/C19H13Cl2F3N4O2S/c1-18(16(25)31,9-2-5-13(20)12(6-9)19(22,23)24)11-4-3-10(7-14(11)21)28-17(30)27-15(29)8-26-28/h2-8H,1H3,(H2,25,31)(H,27,29,30). The summed E-state index contributed by atoms with van der Waals surface area (Å²) in [6.45, 7) is 1.53. The Bertz CT molecular complexity index is 1310. The maximum absolute atomic E-state index is 13.4. The molecule has 1 heterocycles. The number of aromatic amines is 1. The molecular formula is C19H13Cl2F3N4O2S. The first-order valence-electron chi connectivity index (χ1n) is 8.52. The molecule has 2 aromatic carbocycles. The van der Waals surface area contributed by atoms with Gasteiger partial charge >= 0.3 is 11.9 Å². The van der Waals surface area contributed by atoms with Gasteiger partial charge in [-0.3, -0.25) is 9.78 Å². The highest BCUT2D eigenvalue weighted by Crippen LogP contribution is 2.42. The van der Waals surface area contributed by atoms with Gasteiger partial charge in [-0.25, -0.2) is 4.79 Å². The molecule has 3 aromatic rings. The highest BCUT2D eigenvalue weighted by atomic mass is 35.5. The third-order valence-electron chi connectivity index (χ3n) is 4.79. The van der Waals surface area contributed by atoms with Crippen molar-refractivity contribution in [2.45, 2.75) is 18.5 Å². The third-order valence-corrected chi connectivity index (χ3v) is 5.84. The largest absolute Gasteiger partial charge is 0.417 e. The predicted octanol–water partition coefficient (Wildman–Crippen LogP) is 3.84. The van der Waals surface area contributed by atoms with Gasteiger partial charge in [0, 0.05) is 5.02 Å². The van der Waals surface area contributed by atoms with E-state index in [0.717, 1.165) is 23.0 Å². The minimum atomic E-state index is -4.69. The lowest BCUT2D eigenvalue weighted by molar-refractivity contribution is -0.137. The molecule has 0 amide bonds. The molecule has 0 saturated carbocycles. The Morgan fingerprint density at radius 1 is 1.10 bits per heavy atom. The lowest BCUT2D eigenvalue weighted by atomic mass is 9.75. The van der Waals surface area contributed by atoms with Gasteiger partial charge in [-0.1, -0.05) is 47.6 Å². The van der Waals surface area contributed by atoms with Crippen molar-refractivity contribution in [2.75, 3.05) is 0 Å². The molecule has 6 nitrogen and oxygen atoms in total. The smallest absolute Gasteiger partial charge is 0.392 e. The monoisotopic (exact) mass is 488 g/mol. The van der Waals surface area contributed by atoms with Gasteiger partial charge < -0.3 is 5.73 Å². The van der Waals surface area contributed by atoms with E-state index in [1.54, 1.807) is 0 Å². The molecule has 3 rings (SSSR count). The lowest BCUT2D eigenvalue weighted by Crippen LogP contribution is -2.38. The van der Waals surface area contributed by atoms with E-state index < -0.39 is 33.4 Å². The molecule has 0 saturated heterocycles. The number of nitrogens with two attached hydrogens (primary N) is 1. The predicted molar refractivity (Wildman–Crippen MR) is 115 cm³/mol. The van der Waals surface area contributed by atoms with Crippen molar-refractivity contribution < 1.29 is 13.2 Å². The van der Waals surface area contributed by atoms with E-state index in [0.29, 0.717) is 5.56 Å². The average molecular weight is 489 g/mol. The van der Waals surface area contributed by atoms with Crippen molar-refractivity contribution in [1.29, 1.82) is 0 Å². The zero-order chi connectivity index (χ0) is 23.1. The number of benzene rings is 2. The third kappa shape index (κ3) is 4.23. The zero-order valence-corrected chi connectivity index (χ0v) is 18.0. The summed E-state index contributed by atoms with van der Waals surface area (Å²) >= 11 is 17.3. The minimum Gasteiger partial charge on any atom is -0.392 e. The van der Waals surface area contributed by atoms with Crippen LogP contribution in [0, 0.1) is 0 Å². The molecule has 0 aliphatic heterocycles. The second kappa shape index (κ2) is 8.10. The second-order valence-corrected chi connectivity index (χ2v) is 7.95. The minimum absolute atomic E-state index is 0.0659. The number of halogens is 5. The van der Waals surface area contributed by atoms with E-state index in [9.17, 15) is 22.8 Å². The summed E-state index contributed by atoms with van der Waals surface area (Å²) < 4.78 is 41.0. The van der Waals surface area contributed by atoms with Gasteiger partial charge in [0.15, 0.2) is 0 Å². The highest BCUT2D eigenvalue weighted by Gasteiger charge is 2.39. The summed E-state index contributed by atoms with van der Waals surface area (Å²) in [6, 6.07) is 7.65. The molecule has 0 bridgehead atoms. The number of rotatable bonds is 4. The Hall–Kier alpha value is -2.69. The molecule has 12 heteroatoms. The van der Waals surface area contributed by atoms with Crippen LogP contribution in [0.25, 0.3) is 5.69 Å². The van der Waals surface area contributed by atoms with E-state index in [-0.39, 0.29) is 21.3 Å². The Kier molecular flexibility index (Phi) is 6.01. The van der Waals surface area contributed by atoms with Crippen LogP contribution in [-0.2, 0) is 11.6 Å². The summed E-state index contributed by atoms with van der Waals surface area (Å²) in [5, 5.41) is 3.33. The molecule has 0 fully saturated rings. The number of H-pyrrole nitrogens is 1. The maximum atomic E-state index is 13.4. The van der Waals surface area contributed by atoms with Crippen LogP contribution in [0.15, 0.2) is 52.2 Å². The van der Waals surface area contributed by atoms with Crippen molar-refractivity contribution in [3.63, 3.8) is 0 Å². The number of hydrogen-bond acceptors (Lipinski definition) is 4. The molecule has 0 aliphatic carbocycles. The molecule has 162 valence electrons. The highest BCUT2D eigenvalue weighted by molar-refractivity contribution is 7.80. The van der Waals surface area contributed by atoms with Crippen molar-refractivity contribution in [3.8, 4) is 5.69 Å². The van der Waals surface area contributed by atoms with Crippen LogP contribution in [0.5, 0.6) is 0 Å². The van der Waals surface area contributed by atoms with E-state index in [2.05, 4.69) is 10.1 Å². The van der Waals surface area contributed by atoms with Crippen molar-refractivity contribution in [1.82, 2.24) is 14.8 Å². The molecule has 1 unspecified atom stereocenters. The Morgan fingerprint density at radius 2 is 1.77 bits per heavy atom. The van der Waals surface area contributed by atoms with Gasteiger partial charge in [-0.15, -0.1) is 0 Å². The van der Waals surface area contributed by atoms with Crippen LogP contribution in [0.1, 0.15) is 23.6 Å². The number of nitrogens with one attached hydrogen (secondary N) is 1. The van der Waals surface area contributed by atoms with Crippen LogP contribution in [0.3, 0.4) is 0 Å². The Balaban J connectivity index is 2.19. The van der Waals surface area contributed by atoms with Crippen LogP contribution >= 0.6 is 35.4 Å². The Morgan fingerprint density at radius 3 is 2.32 bits per heavy atom. The zero-order valence-electron chi connectivity index (χ0n) is 15.6. The fourth-order valence-corrected chi connectivity index (χ4v) is 3.88. The SMILES string of the molecule is CC(C(N)=S)(c1ccc(Cl)c(C(F)(F)F)c1)c1ccc(-n2ncc(=O)[nH]c2=O)cc1Cl. The normalized spacial score (nSPS) is 13.6. The quantitative estimate of drug-likeness (QED) is 0.544. The van der Waals surface area contributed by atoms with Crippen LogP contribution in [-0.4, -0.2) is 19.8 Å². The topological polar surface area (TPSA) is 93.8 Å². The first-order chi connectivity index (χ1) is 14.4. The number of thiocarbonyl (C=S) groups is 1. The van der Waals surface area contributed by atoms with Crippen LogP contribution < -0.4 is 17.0 Å². The number of aromatic nitrogens is 3. The van der Waals surface area contributed by atoms with Gasteiger partial charge in [0.2, 0.25) is 0 Å². The molecule has 1 aromatic heterocycles. The molecule has 3 N–H and O–H groups in total. The first-order valence-corrected chi connectivity index (χ1v) is 9.68. The summed E-state index contributed by atoms with van der Waals surface area (Å²) in [5.41, 5.74) is 2.70. The lowest BCUT2D eigenvalue weighted by Gasteiger charge is -2.31. The molecule has 0 aliphatic rings. The average Bonchev–Trinajstić information content (AvgIpc) is 2.66. The fraction of sp³-hybridized carbons (Fsp3) is 0.158.